The van der Waals surface area contributed by atoms with Crippen LogP contribution in [0.1, 0.15) is 6.92 Å². The molecule has 0 unspecified atom stereocenters. The van der Waals surface area contributed by atoms with Gasteiger partial charge in [-0.3, -0.25) is 4.79 Å². The Morgan fingerprint density at radius 3 is 2.12 bits per heavy atom. The summed E-state index contributed by atoms with van der Waals surface area (Å²) < 4.78 is 36.2. The normalized spacial score (nSPS) is 11.1. The van der Waals surface area contributed by atoms with Crippen LogP contribution < -0.4 is 0 Å². The van der Waals surface area contributed by atoms with E-state index in [1.807, 2.05) is 0 Å². The lowest BCUT2D eigenvalue weighted by atomic mass is 10.4. The summed E-state index contributed by atoms with van der Waals surface area (Å²) in [6.07, 6.45) is -4.61. The van der Waals surface area contributed by atoms with E-state index in [0.717, 1.165) is 4.90 Å². The third-order valence-electron chi connectivity index (χ3n) is 1.77. The highest BCUT2D eigenvalue weighted by atomic mass is 19.4. The van der Waals surface area contributed by atoms with Gasteiger partial charge in [-0.25, -0.2) is 4.79 Å². The molecule has 8 heteroatoms. The highest BCUT2D eigenvalue weighted by molar-refractivity contribution is 5.80. The fourth-order valence-corrected chi connectivity index (χ4v) is 0.948. The fraction of sp³-hybridized carbons (Fsp3) is 0.750. The van der Waals surface area contributed by atoms with Crippen LogP contribution in [-0.4, -0.2) is 59.8 Å². The fourth-order valence-electron chi connectivity index (χ4n) is 0.948. The van der Waals surface area contributed by atoms with Crippen molar-refractivity contribution in [3.05, 3.63) is 0 Å². The van der Waals surface area contributed by atoms with Crippen LogP contribution >= 0.6 is 0 Å². The smallest absolute Gasteiger partial charge is 0.406 e. The van der Waals surface area contributed by atoms with E-state index in [-0.39, 0.29) is 11.4 Å². The minimum Gasteiger partial charge on any atom is -0.480 e. The maximum atomic E-state index is 12.1. The van der Waals surface area contributed by atoms with Gasteiger partial charge in [0, 0.05) is 13.6 Å². The van der Waals surface area contributed by atoms with Gasteiger partial charge in [0.25, 0.3) is 0 Å². The van der Waals surface area contributed by atoms with Gasteiger partial charge in [-0.2, -0.15) is 13.2 Å². The van der Waals surface area contributed by atoms with Gasteiger partial charge >= 0.3 is 18.2 Å². The quantitative estimate of drug-likeness (QED) is 0.800. The lowest BCUT2D eigenvalue weighted by Gasteiger charge is -2.26. The summed E-state index contributed by atoms with van der Waals surface area (Å²) in [5, 5.41) is 8.40. The summed E-state index contributed by atoms with van der Waals surface area (Å²) in [6, 6.07) is -0.956. The Morgan fingerprint density at radius 2 is 1.81 bits per heavy atom. The number of alkyl halides is 3. The van der Waals surface area contributed by atoms with Crippen molar-refractivity contribution in [2.24, 2.45) is 0 Å². The first-order valence-electron chi connectivity index (χ1n) is 4.46. The molecule has 0 radical (unpaired) electrons. The third kappa shape index (κ3) is 5.42. The van der Waals surface area contributed by atoms with Gasteiger partial charge < -0.3 is 14.9 Å². The SMILES string of the molecule is CCN(C)C(=O)N(CC(=O)O)CC(F)(F)F. The molecule has 0 fully saturated rings. The van der Waals surface area contributed by atoms with Gasteiger partial charge in [0.1, 0.15) is 13.1 Å². The van der Waals surface area contributed by atoms with Crippen LogP contribution in [-0.2, 0) is 4.79 Å². The van der Waals surface area contributed by atoms with Gasteiger partial charge in [-0.15, -0.1) is 0 Å². The number of hydrogen-bond donors (Lipinski definition) is 1. The molecule has 0 atom stereocenters. The molecule has 0 saturated heterocycles. The van der Waals surface area contributed by atoms with Crippen LogP contribution in [0.15, 0.2) is 0 Å². The molecule has 0 aliphatic rings. The predicted octanol–water partition coefficient (Wildman–Crippen LogP) is 1.01. The third-order valence-corrected chi connectivity index (χ3v) is 1.77. The standard InChI is InChI=1S/C8H13F3N2O3/c1-3-12(2)7(16)13(4-6(14)15)5-8(9,10)11/h3-5H2,1-2H3,(H,14,15). The van der Waals surface area contributed by atoms with Crippen LogP contribution in [0.25, 0.3) is 0 Å². The minimum atomic E-state index is -4.61. The van der Waals surface area contributed by atoms with Crippen molar-refractivity contribution in [1.29, 1.82) is 0 Å². The Labute approximate surface area is 90.4 Å². The van der Waals surface area contributed by atoms with Gasteiger partial charge in [0.15, 0.2) is 0 Å². The number of hydrogen-bond acceptors (Lipinski definition) is 2. The molecule has 94 valence electrons. The Balaban J connectivity index is 4.66. The number of carboxylic acids is 1. The molecule has 1 N–H and O–H groups in total. The first-order chi connectivity index (χ1) is 7.17. The van der Waals surface area contributed by atoms with E-state index in [9.17, 15) is 22.8 Å². The minimum absolute atomic E-state index is 0.201. The first kappa shape index (κ1) is 14.5. The maximum Gasteiger partial charge on any atom is 0.406 e. The lowest BCUT2D eigenvalue weighted by molar-refractivity contribution is -0.149. The van der Waals surface area contributed by atoms with Crippen LogP contribution in [0.4, 0.5) is 18.0 Å². The zero-order valence-electron chi connectivity index (χ0n) is 8.91. The molecular formula is C8H13F3N2O3. The Kier molecular flexibility index (Phi) is 5.06. The van der Waals surface area contributed by atoms with Crippen molar-refractivity contribution in [3.8, 4) is 0 Å². The molecule has 0 saturated carbocycles. The van der Waals surface area contributed by atoms with Crippen LogP contribution in [0.2, 0.25) is 0 Å². The predicted molar refractivity (Wildman–Crippen MR) is 49.0 cm³/mol. The number of aliphatic carboxylic acids is 1. The molecule has 0 aromatic carbocycles. The first-order valence-corrected chi connectivity index (χ1v) is 4.46. The number of carbonyl (C=O) groups is 2. The van der Waals surface area contributed by atoms with Crippen molar-refractivity contribution in [1.82, 2.24) is 9.80 Å². The number of carbonyl (C=O) groups excluding carboxylic acids is 1. The van der Waals surface area contributed by atoms with E-state index >= 15 is 0 Å². The Hall–Kier alpha value is -1.47. The summed E-state index contributed by atoms with van der Waals surface area (Å²) in [4.78, 5) is 23.0. The number of halogens is 3. The summed E-state index contributed by atoms with van der Waals surface area (Å²) in [5.74, 6) is -1.48. The van der Waals surface area contributed by atoms with Crippen LogP contribution in [0.3, 0.4) is 0 Å². The van der Waals surface area contributed by atoms with Crippen molar-refractivity contribution in [3.63, 3.8) is 0 Å². The average molecular weight is 242 g/mol. The monoisotopic (exact) mass is 242 g/mol. The van der Waals surface area contributed by atoms with E-state index < -0.39 is 31.3 Å². The summed E-state index contributed by atoms with van der Waals surface area (Å²) in [5.41, 5.74) is 0. The molecule has 0 heterocycles. The van der Waals surface area contributed by atoms with Crippen molar-refractivity contribution >= 4 is 12.0 Å². The van der Waals surface area contributed by atoms with E-state index in [0.29, 0.717) is 0 Å². The molecule has 5 nitrogen and oxygen atoms in total. The second-order valence-corrected chi connectivity index (χ2v) is 3.16. The number of amides is 2. The van der Waals surface area contributed by atoms with Crippen molar-refractivity contribution in [2.75, 3.05) is 26.7 Å². The molecule has 0 bridgehead atoms. The van der Waals surface area contributed by atoms with Gasteiger partial charge in [0.05, 0.1) is 0 Å². The summed E-state index contributed by atoms with van der Waals surface area (Å²) in [6.45, 7) is -0.762. The van der Waals surface area contributed by atoms with Gasteiger partial charge in [-0.1, -0.05) is 0 Å². The highest BCUT2D eigenvalue weighted by Gasteiger charge is 2.34. The number of urea groups is 1. The molecule has 0 aliphatic heterocycles. The Morgan fingerprint density at radius 1 is 1.31 bits per heavy atom. The summed E-state index contributed by atoms with van der Waals surface area (Å²) in [7, 11) is 1.30. The topological polar surface area (TPSA) is 60.9 Å². The molecule has 0 aliphatic carbocycles. The number of rotatable bonds is 4. The Bertz CT molecular complexity index is 268. The van der Waals surface area contributed by atoms with Crippen LogP contribution in [0.5, 0.6) is 0 Å². The lowest BCUT2D eigenvalue weighted by Crippen LogP contribution is -2.47. The van der Waals surface area contributed by atoms with Crippen molar-refractivity contribution < 1.29 is 27.9 Å². The second kappa shape index (κ2) is 5.57. The largest absolute Gasteiger partial charge is 0.480 e. The van der Waals surface area contributed by atoms with E-state index in [2.05, 4.69) is 0 Å². The molecule has 0 spiro atoms. The molecular weight excluding hydrogens is 229 g/mol. The highest BCUT2D eigenvalue weighted by Crippen LogP contribution is 2.17. The molecule has 16 heavy (non-hydrogen) atoms. The number of nitrogens with zero attached hydrogens (tertiary/aromatic N) is 2. The number of carboxylic acid groups (broad SMARTS) is 1. The van der Waals surface area contributed by atoms with E-state index in [4.69, 9.17) is 5.11 Å². The molecule has 0 aromatic rings. The molecule has 0 rings (SSSR count). The zero-order valence-corrected chi connectivity index (χ0v) is 8.91. The van der Waals surface area contributed by atoms with Gasteiger partial charge in [0.2, 0.25) is 0 Å². The zero-order chi connectivity index (χ0) is 12.9. The van der Waals surface area contributed by atoms with Gasteiger partial charge in [-0.05, 0) is 6.92 Å². The summed E-state index contributed by atoms with van der Waals surface area (Å²) >= 11 is 0. The van der Waals surface area contributed by atoms with E-state index in [1.165, 1.54) is 7.05 Å². The molecule has 0 aromatic heterocycles. The second-order valence-electron chi connectivity index (χ2n) is 3.16. The van der Waals surface area contributed by atoms with E-state index in [1.54, 1.807) is 6.92 Å². The maximum absolute atomic E-state index is 12.1. The average Bonchev–Trinajstić information content (AvgIpc) is 2.11. The molecule has 2 amide bonds. The van der Waals surface area contributed by atoms with Crippen molar-refractivity contribution in [2.45, 2.75) is 13.1 Å². The van der Waals surface area contributed by atoms with Crippen LogP contribution in [0, 0.1) is 0 Å².